The fourth-order valence-corrected chi connectivity index (χ4v) is 1.88. The van der Waals surface area contributed by atoms with Crippen LogP contribution in [0.15, 0.2) is 6.20 Å². The van der Waals surface area contributed by atoms with Crippen LogP contribution in [-0.4, -0.2) is 37.7 Å². The van der Waals surface area contributed by atoms with E-state index in [2.05, 4.69) is 27.3 Å². The first-order chi connectivity index (χ1) is 9.15. The fourth-order valence-electron chi connectivity index (χ4n) is 1.88. The van der Waals surface area contributed by atoms with E-state index in [1.165, 1.54) is 0 Å². The highest BCUT2D eigenvalue weighted by atomic mass is 16.4. The number of aromatic nitrogens is 4. The van der Waals surface area contributed by atoms with Crippen molar-refractivity contribution in [3.63, 3.8) is 0 Å². The number of carbonyl (C=O) groups is 1. The zero-order valence-electron chi connectivity index (χ0n) is 11.1. The third-order valence-corrected chi connectivity index (χ3v) is 2.79. The molecule has 2 N–H and O–H groups in total. The Hall–Kier alpha value is -2.18. The van der Waals surface area contributed by atoms with Crippen LogP contribution in [0, 0.1) is 0 Å². The van der Waals surface area contributed by atoms with Gasteiger partial charge in [0.15, 0.2) is 5.65 Å². The van der Waals surface area contributed by atoms with E-state index in [-0.39, 0.29) is 6.42 Å². The molecule has 2 rings (SSSR count). The van der Waals surface area contributed by atoms with Crippen LogP contribution in [0.1, 0.15) is 31.2 Å². The highest BCUT2D eigenvalue weighted by molar-refractivity contribution is 5.67. The third kappa shape index (κ3) is 2.81. The SMILES string of the molecule is CCCc1nc(NC)n2ncc(CCC(=O)O)c2n1. The van der Waals surface area contributed by atoms with Crippen molar-refractivity contribution in [1.82, 2.24) is 19.6 Å². The lowest BCUT2D eigenvalue weighted by molar-refractivity contribution is -0.136. The Morgan fingerprint density at radius 2 is 2.21 bits per heavy atom. The molecule has 2 aromatic heterocycles. The Kier molecular flexibility index (Phi) is 3.94. The van der Waals surface area contributed by atoms with Gasteiger partial charge in [0.2, 0.25) is 5.95 Å². The monoisotopic (exact) mass is 263 g/mol. The number of nitrogens with one attached hydrogen (secondary N) is 1. The molecule has 2 aromatic rings. The molecule has 0 amide bonds. The molecule has 0 saturated heterocycles. The summed E-state index contributed by atoms with van der Waals surface area (Å²) >= 11 is 0. The minimum Gasteiger partial charge on any atom is -0.481 e. The van der Waals surface area contributed by atoms with E-state index < -0.39 is 5.97 Å². The minimum atomic E-state index is -0.823. The molecular weight excluding hydrogens is 246 g/mol. The number of carboxylic acids is 1. The minimum absolute atomic E-state index is 0.0728. The molecule has 7 heteroatoms. The molecule has 0 aliphatic carbocycles. The molecule has 2 heterocycles. The molecule has 0 fully saturated rings. The van der Waals surface area contributed by atoms with Gasteiger partial charge in [-0.3, -0.25) is 4.79 Å². The van der Waals surface area contributed by atoms with Crippen molar-refractivity contribution in [2.24, 2.45) is 0 Å². The molecule has 0 aromatic carbocycles. The molecule has 0 aliphatic rings. The van der Waals surface area contributed by atoms with Crippen molar-refractivity contribution in [1.29, 1.82) is 0 Å². The maximum Gasteiger partial charge on any atom is 0.303 e. The summed E-state index contributed by atoms with van der Waals surface area (Å²) in [7, 11) is 1.77. The summed E-state index contributed by atoms with van der Waals surface area (Å²) in [6.45, 7) is 2.06. The molecule has 102 valence electrons. The first-order valence-corrected chi connectivity index (χ1v) is 6.28. The second kappa shape index (κ2) is 5.64. The molecule has 0 radical (unpaired) electrons. The number of aryl methyl sites for hydroxylation is 2. The van der Waals surface area contributed by atoms with Gasteiger partial charge >= 0.3 is 5.97 Å². The molecule has 0 aliphatic heterocycles. The van der Waals surface area contributed by atoms with Crippen LogP contribution in [0.3, 0.4) is 0 Å². The second-order valence-corrected chi connectivity index (χ2v) is 4.26. The molecule has 19 heavy (non-hydrogen) atoms. The van der Waals surface area contributed by atoms with Gasteiger partial charge in [0.1, 0.15) is 5.82 Å². The standard InChI is InChI=1S/C12H17N5O2/c1-3-4-9-15-11-8(5-6-10(18)19)7-14-17(11)12(13-2)16-9/h7H,3-6H2,1-2H3,(H,18,19)(H,13,15,16). The van der Waals surface area contributed by atoms with Gasteiger partial charge in [-0.05, 0) is 12.8 Å². The lowest BCUT2D eigenvalue weighted by atomic mass is 10.2. The van der Waals surface area contributed by atoms with E-state index in [1.54, 1.807) is 17.8 Å². The van der Waals surface area contributed by atoms with Gasteiger partial charge in [0.05, 0.1) is 6.20 Å². The van der Waals surface area contributed by atoms with Crippen molar-refractivity contribution < 1.29 is 9.90 Å². The van der Waals surface area contributed by atoms with E-state index in [9.17, 15) is 4.79 Å². The summed E-state index contributed by atoms with van der Waals surface area (Å²) in [5, 5.41) is 15.9. The molecular formula is C12H17N5O2. The van der Waals surface area contributed by atoms with Gasteiger partial charge in [-0.25, -0.2) is 4.98 Å². The number of hydrogen-bond donors (Lipinski definition) is 2. The van der Waals surface area contributed by atoms with Crippen LogP contribution < -0.4 is 5.32 Å². The molecule has 0 spiro atoms. The molecule has 0 unspecified atom stereocenters. The number of anilines is 1. The van der Waals surface area contributed by atoms with E-state index in [0.29, 0.717) is 18.0 Å². The van der Waals surface area contributed by atoms with Gasteiger partial charge in [-0.15, -0.1) is 0 Å². The van der Waals surface area contributed by atoms with E-state index in [0.717, 1.165) is 24.2 Å². The third-order valence-electron chi connectivity index (χ3n) is 2.79. The van der Waals surface area contributed by atoms with Crippen LogP contribution >= 0.6 is 0 Å². The lowest BCUT2D eigenvalue weighted by Gasteiger charge is -2.06. The van der Waals surface area contributed by atoms with Crippen LogP contribution in [0.5, 0.6) is 0 Å². The van der Waals surface area contributed by atoms with Crippen molar-refractivity contribution in [2.45, 2.75) is 32.6 Å². The Morgan fingerprint density at radius 3 is 2.84 bits per heavy atom. The first-order valence-electron chi connectivity index (χ1n) is 6.28. The van der Waals surface area contributed by atoms with Gasteiger partial charge in [0, 0.05) is 25.5 Å². The highest BCUT2D eigenvalue weighted by Crippen LogP contribution is 2.15. The summed E-state index contributed by atoms with van der Waals surface area (Å²) < 4.78 is 1.61. The zero-order chi connectivity index (χ0) is 13.8. The average molecular weight is 263 g/mol. The first kappa shape index (κ1) is 13.3. The van der Waals surface area contributed by atoms with Crippen LogP contribution in [0.4, 0.5) is 5.95 Å². The highest BCUT2D eigenvalue weighted by Gasteiger charge is 2.12. The van der Waals surface area contributed by atoms with E-state index in [4.69, 9.17) is 5.11 Å². The number of hydrogen-bond acceptors (Lipinski definition) is 5. The molecule has 0 saturated carbocycles. The van der Waals surface area contributed by atoms with Crippen LogP contribution in [0.2, 0.25) is 0 Å². The molecule has 0 bridgehead atoms. The van der Waals surface area contributed by atoms with Gasteiger partial charge in [-0.2, -0.15) is 14.6 Å². The number of nitrogens with zero attached hydrogens (tertiary/aromatic N) is 4. The Morgan fingerprint density at radius 1 is 1.42 bits per heavy atom. The predicted molar refractivity (Wildman–Crippen MR) is 70.3 cm³/mol. The van der Waals surface area contributed by atoms with Gasteiger partial charge in [-0.1, -0.05) is 6.92 Å². The van der Waals surface area contributed by atoms with Crippen LogP contribution in [-0.2, 0) is 17.6 Å². The summed E-state index contributed by atoms with van der Waals surface area (Å²) in [6, 6.07) is 0. The quantitative estimate of drug-likeness (QED) is 0.811. The zero-order valence-corrected chi connectivity index (χ0v) is 11.1. The molecule has 0 atom stereocenters. The molecule has 7 nitrogen and oxygen atoms in total. The summed E-state index contributed by atoms with van der Waals surface area (Å²) in [5.74, 6) is 0.544. The number of aliphatic carboxylic acids is 1. The number of rotatable bonds is 6. The maximum atomic E-state index is 10.7. The predicted octanol–water partition coefficient (Wildman–Crippen LogP) is 1.14. The Bertz CT molecular complexity index is 593. The second-order valence-electron chi connectivity index (χ2n) is 4.26. The van der Waals surface area contributed by atoms with Gasteiger partial charge in [0.25, 0.3) is 0 Å². The summed E-state index contributed by atoms with van der Waals surface area (Å²) in [5.41, 5.74) is 1.52. The van der Waals surface area contributed by atoms with E-state index >= 15 is 0 Å². The number of carboxylic acid groups (broad SMARTS) is 1. The lowest BCUT2D eigenvalue weighted by Crippen LogP contribution is -2.08. The maximum absolute atomic E-state index is 10.7. The Balaban J connectivity index is 2.43. The Labute approximate surface area is 110 Å². The normalized spacial score (nSPS) is 10.8. The average Bonchev–Trinajstić information content (AvgIpc) is 2.79. The van der Waals surface area contributed by atoms with E-state index in [1.807, 2.05) is 0 Å². The fraction of sp³-hybridized carbons (Fsp3) is 0.500. The van der Waals surface area contributed by atoms with Crippen molar-refractivity contribution in [3.8, 4) is 0 Å². The topological polar surface area (TPSA) is 92.4 Å². The van der Waals surface area contributed by atoms with Crippen molar-refractivity contribution in [2.75, 3.05) is 12.4 Å². The van der Waals surface area contributed by atoms with Crippen molar-refractivity contribution >= 4 is 17.6 Å². The van der Waals surface area contributed by atoms with Crippen molar-refractivity contribution in [3.05, 3.63) is 17.6 Å². The van der Waals surface area contributed by atoms with Crippen LogP contribution in [0.25, 0.3) is 5.65 Å². The number of fused-ring (bicyclic) bond motifs is 1. The largest absolute Gasteiger partial charge is 0.481 e. The van der Waals surface area contributed by atoms with Gasteiger partial charge < -0.3 is 10.4 Å². The smallest absolute Gasteiger partial charge is 0.303 e. The summed E-state index contributed by atoms with van der Waals surface area (Å²) in [6.07, 6.45) is 3.89. The summed E-state index contributed by atoms with van der Waals surface area (Å²) in [4.78, 5) is 19.5.